The SMILES string of the molecule is CCCCC(=Nc1ccccc1)C(CCCC)=[N+]([Pd])c1ccccc1. The van der Waals surface area contributed by atoms with Crippen LogP contribution in [-0.4, -0.2) is 14.6 Å². The minimum atomic E-state index is 1.01. The summed E-state index contributed by atoms with van der Waals surface area (Å²) in [6.07, 6.45) is 6.70. The van der Waals surface area contributed by atoms with Crippen LogP contribution in [0.1, 0.15) is 52.4 Å². The second kappa shape index (κ2) is 11.1. The standard InChI is InChI=1S/C22H28N2.Pd/c1-3-5-17-21(23-19-13-9-7-10-14-19)22(18-6-4-2)24-20-15-11-8-12-16-20;/h7-16H,3-6,17-18H2,1-2H3;/q;+1. The van der Waals surface area contributed by atoms with E-state index in [-0.39, 0.29) is 0 Å². The Hall–Kier alpha value is -1.56. The number of rotatable bonds is 9. The molecule has 0 atom stereocenters. The summed E-state index contributed by atoms with van der Waals surface area (Å²) in [4.78, 5) is 5.01. The molecule has 0 heterocycles. The van der Waals surface area contributed by atoms with Crippen LogP contribution < -0.4 is 0 Å². The van der Waals surface area contributed by atoms with Gasteiger partial charge in [-0.1, -0.05) is 0 Å². The molecule has 135 valence electrons. The van der Waals surface area contributed by atoms with Gasteiger partial charge in [-0.05, 0) is 0 Å². The van der Waals surface area contributed by atoms with Gasteiger partial charge in [-0.3, -0.25) is 0 Å². The fourth-order valence-corrected chi connectivity index (χ4v) is 3.26. The third-order valence-corrected chi connectivity index (χ3v) is 4.90. The second-order valence-electron chi connectivity index (χ2n) is 6.14. The number of unbranched alkanes of at least 4 members (excludes halogenated alkanes) is 2. The predicted molar refractivity (Wildman–Crippen MR) is 104 cm³/mol. The molecule has 2 aromatic carbocycles. The van der Waals surface area contributed by atoms with Crippen molar-refractivity contribution in [1.29, 1.82) is 0 Å². The molecule has 0 aliphatic heterocycles. The Kier molecular flexibility index (Phi) is 8.80. The van der Waals surface area contributed by atoms with Crippen molar-refractivity contribution in [3.63, 3.8) is 0 Å². The van der Waals surface area contributed by atoms with Crippen molar-refractivity contribution in [1.82, 2.24) is 0 Å². The van der Waals surface area contributed by atoms with Gasteiger partial charge in [0.2, 0.25) is 0 Å². The first-order valence-corrected chi connectivity index (χ1v) is 9.92. The Labute approximate surface area is 163 Å². The molecule has 2 nitrogen and oxygen atoms in total. The number of hydrogen-bond acceptors (Lipinski definition) is 1. The fourth-order valence-electron chi connectivity index (χ4n) is 2.66. The maximum absolute atomic E-state index is 5.01. The summed E-state index contributed by atoms with van der Waals surface area (Å²) in [6, 6.07) is 20.8. The fraction of sp³-hybridized carbons (Fsp3) is 0.364. The van der Waals surface area contributed by atoms with Crippen molar-refractivity contribution in [3.8, 4) is 0 Å². The van der Waals surface area contributed by atoms with E-state index in [2.05, 4.69) is 79.0 Å². The van der Waals surface area contributed by atoms with E-state index in [0.29, 0.717) is 0 Å². The second-order valence-corrected chi connectivity index (χ2v) is 6.83. The molecule has 2 rings (SSSR count). The molecule has 0 unspecified atom stereocenters. The summed E-state index contributed by atoms with van der Waals surface area (Å²) < 4.78 is 2.18. The average Bonchev–Trinajstić information content (AvgIpc) is 2.67. The number of benzene rings is 2. The zero-order valence-corrected chi connectivity index (χ0v) is 16.8. The minimum absolute atomic E-state index is 1.01. The molecule has 0 saturated heterocycles. The maximum atomic E-state index is 5.01. The van der Waals surface area contributed by atoms with Crippen molar-refractivity contribution in [2.75, 3.05) is 0 Å². The van der Waals surface area contributed by atoms with Gasteiger partial charge in [-0.2, -0.15) is 0 Å². The first kappa shape index (κ1) is 19.8. The summed E-state index contributed by atoms with van der Waals surface area (Å²) in [7, 11) is 0. The first-order chi connectivity index (χ1) is 12.3. The molecule has 0 bridgehead atoms. The molecule has 2 aromatic rings. The number of nitrogens with zero attached hydrogens (tertiary/aromatic N) is 2. The molecule has 0 spiro atoms. The van der Waals surface area contributed by atoms with Gasteiger partial charge in [-0.15, -0.1) is 0 Å². The van der Waals surface area contributed by atoms with Gasteiger partial charge in [0.05, 0.1) is 0 Å². The quantitative estimate of drug-likeness (QED) is 0.326. The Bertz CT molecular complexity index is 690. The number of aliphatic imine (C=N–C) groups is 1. The molecular weight excluding hydrogens is 399 g/mol. The third kappa shape index (κ3) is 6.35. The molecule has 3 heteroatoms. The van der Waals surface area contributed by atoms with Gasteiger partial charge in [0.1, 0.15) is 0 Å². The van der Waals surface area contributed by atoms with Crippen molar-refractivity contribution in [2.45, 2.75) is 52.4 Å². The molecule has 0 aromatic heterocycles. The summed E-state index contributed by atoms with van der Waals surface area (Å²) in [5.41, 5.74) is 4.67. The van der Waals surface area contributed by atoms with Crippen LogP contribution in [0.25, 0.3) is 0 Å². The van der Waals surface area contributed by atoms with E-state index in [1.807, 2.05) is 18.2 Å². The number of hydrogen-bond donors (Lipinski definition) is 0. The van der Waals surface area contributed by atoms with Crippen LogP contribution in [0.4, 0.5) is 11.4 Å². The van der Waals surface area contributed by atoms with Gasteiger partial charge in [-0.25, -0.2) is 0 Å². The Morgan fingerprint density at radius 2 is 1.40 bits per heavy atom. The Morgan fingerprint density at radius 3 is 2.00 bits per heavy atom. The van der Waals surface area contributed by atoms with E-state index in [1.54, 1.807) is 0 Å². The van der Waals surface area contributed by atoms with Crippen molar-refractivity contribution in [3.05, 3.63) is 60.7 Å². The van der Waals surface area contributed by atoms with Crippen LogP contribution in [0.2, 0.25) is 0 Å². The van der Waals surface area contributed by atoms with Crippen molar-refractivity contribution in [2.24, 2.45) is 4.99 Å². The van der Waals surface area contributed by atoms with Gasteiger partial charge >= 0.3 is 163 Å². The van der Waals surface area contributed by atoms with E-state index in [1.165, 1.54) is 24.3 Å². The predicted octanol–water partition coefficient (Wildman–Crippen LogP) is 6.39. The van der Waals surface area contributed by atoms with E-state index in [4.69, 9.17) is 4.99 Å². The monoisotopic (exact) mass is 426 g/mol. The molecule has 0 aliphatic carbocycles. The van der Waals surface area contributed by atoms with Gasteiger partial charge in [0, 0.05) is 0 Å². The van der Waals surface area contributed by atoms with Crippen LogP contribution in [0.15, 0.2) is 65.7 Å². The Balaban J connectivity index is 2.47. The van der Waals surface area contributed by atoms with Gasteiger partial charge in [0.25, 0.3) is 0 Å². The topological polar surface area (TPSA) is 15.4 Å². The zero-order chi connectivity index (χ0) is 17.9. The van der Waals surface area contributed by atoms with Crippen LogP contribution in [0, 0.1) is 0 Å². The van der Waals surface area contributed by atoms with E-state index in [0.717, 1.165) is 37.1 Å². The molecule has 0 fully saturated rings. The summed E-state index contributed by atoms with van der Waals surface area (Å²) in [5.74, 6) is 0. The summed E-state index contributed by atoms with van der Waals surface area (Å²) in [5, 5.41) is 0. The van der Waals surface area contributed by atoms with Crippen LogP contribution in [-0.2, 0) is 19.4 Å². The van der Waals surface area contributed by atoms with E-state index < -0.39 is 0 Å². The van der Waals surface area contributed by atoms with E-state index >= 15 is 0 Å². The van der Waals surface area contributed by atoms with E-state index in [9.17, 15) is 0 Å². The molecular formula is C22H28N2Pd+. The van der Waals surface area contributed by atoms with Crippen LogP contribution >= 0.6 is 0 Å². The molecule has 25 heavy (non-hydrogen) atoms. The molecule has 0 saturated carbocycles. The van der Waals surface area contributed by atoms with Crippen molar-refractivity contribution >= 4 is 22.8 Å². The summed E-state index contributed by atoms with van der Waals surface area (Å²) >= 11 is 3.48. The molecule has 0 aliphatic rings. The van der Waals surface area contributed by atoms with Crippen LogP contribution in [0.3, 0.4) is 0 Å². The Morgan fingerprint density at radius 1 is 0.840 bits per heavy atom. The molecule has 0 amide bonds. The molecule has 0 radical (unpaired) electrons. The first-order valence-electron chi connectivity index (χ1n) is 9.23. The van der Waals surface area contributed by atoms with Crippen molar-refractivity contribution < 1.29 is 22.7 Å². The van der Waals surface area contributed by atoms with Gasteiger partial charge in [0.15, 0.2) is 0 Å². The average molecular weight is 427 g/mol. The summed E-state index contributed by atoms with van der Waals surface area (Å²) in [6.45, 7) is 4.47. The molecule has 0 N–H and O–H groups in total. The normalized spacial score (nSPS) is 12.9. The third-order valence-electron chi connectivity index (χ3n) is 4.07. The van der Waals surface area contributed by atoms with Gasteiger partial charge < -0.3 is 0 Å². The van der Waals surface area contributed by atoms with Crippen LogP contribution in [0.5, 0.6) is 0 Å². The number of para-hydroxylation sites is 2. The zero-order valence-electron chi connectivity index (χ0n) is 15.2.